The summed E-state index contributed by atoms with van der Waals surface area (Å²) in [7, 11) is 0. The van der Waals surface area contributed by atoms with Crippen molar-refractivity contribution in [3.05, 3.63) is 78.3 Å². The smallest absolute Gasteiger partial charge is 0.249 e. The zero-order valence-electron chi connectivity index (χ0n) is 36.9. The number of likely N-dealkylation sites (tertiary alicyclic amines) is 1. The number of benzene rings is 1. The lowest BCUT2D eigenvalue weighted by atomic mass is 9.75. The van der Waals surface area contributed by atoms with E-state index < -0.39 is 6.04 Å². The molecule has 3 N–H and O–H groups in total. The summed E-state index contributed by atoms with van der Waals surface area (Å²) in [6.45, 7) is 9.43. The molecule has 3 saturated heterocycles. The van der Waals surface area contributed by atoms with Gasteiger partial charge in [0.2, 0.25) is 17.7 Å². The highest BCUT2D eigenvalue weighted by molar-refractivity contribution is 6.01. The van der Waals surface area contributed by atoms with Gasteiger partial charge in [0.15, 0.2) is 0 Å². The van der Waals surface area contributed by atoms with Crippen molar-refractivity contribution in [1.29, 1.82) is 5.26 Å². The van der Waals surface area contributed by atoms with Gasteiger partial charge in [-0.2, -0.15) is 15.5 Å². The van der Waals surface area contributed by atoms with E-state index in [1.165, 1.54) is 6.07 Å². The number of aromatic nitrogens is 6. The lowest BCUT2D eigenvalue weighted by Crippen LogP contribution is -2.50. The molecule has 4 aromatic heterocycles. The number of amides is 3. The second-order valence-electron chi connectivity index (χ2n) is 18.5. The molecular weight excluding hydrogens is 812 g/mol. The van der Waals surface area contributed by atoms with E-state index in [1.54, 1.807) is 10.7 Å². The largest absolute Gasteiger partial charge is 0.374 e. The Hall–Kier alpha value is -6.21. The molecule has 9 rings (SSSR count). The van der Waals surface area contributed by atoms with Crippen molar-refractivity contribution >= 4 is 34.7 Å². The number of halogens is 1. The molecule has 7 heterocycles. The monoisotopic (exact) mass is 868 g/mol. The Morgan fingerprint density at radius 2 is 1.70 bits per heavy atom. The van der Waals surface area contributed by atoms with Gasteiger partial charge in [-0.25, -0.2) is 18.9 Å². The normalized spacial score (nSPS) is 22.1. The van der Waals surface area contributed by atoms with Gasteiger partial charge in [-0.15, -0.1) is 0 Å². The standard InChI is InChI=1S/C48H57FN12O3/c1-4-48(47(64)54-30(2)3)17-21-59(22-18-48)42-13-5-32(25-51-42)44-45-33(24-50)26-53-61(45)29-41(56-44)34-27-52-60(28-34)37-9-7-36(8-10-37)58-19-15-31(16-20-58)38-11-6-35(23-39(38)49)55-40-12-14-43(62)57-46(40)63/h5-6,11,13,23,25-31,36-37,40,55H,4,7-10,12,14-22H2,1-3H3,(H,54,64)(H,57,62,63)/t36?,37?,40-/m1/s1. The highest BCUT2D eigenvalue weighted by Crippen LogP contribution is 2.39. The molecule has 3 amide bonds. The quantitative estimate of drug-likeness (QED) is 0.119. The highest BCUT2D eigenvalue weighted by atomic mass is 19.1. The number of fused-ring (bicyclic) bond motifs is 1. The minimum Gasteiger partial charge on any atom is -0.374 e. The number of carbonyl (C=O) groups excluding carboxylic acids is 3. The molecule has 1 saturated carbocycles. The Morgan fingerprint density at radius 3 is 2.38 bits per heavy atom. The van der Waals surface area contributed by atoms with Crippen LogP contribution in [0.1, 0.15) is 114 Å². The molecule has 0 spiro atoms. The minimum absolute atomic E-state index is 0.108. The number of piperidine rings is 3. The molecule has 1 atom stereocenters. The Balaban J connectivity index is 0.816. The van der Waals surface area contributed by atoms with Crippen LogP contribution in [0.5, 0.6) is 0 Å². The van der Waals surface area contributed by atoms with Gasteiger partial charge in [0.05, 0.1) is 41.4 Å². The van der Waals surface area contributed by atoms with E-state index in [4.69, 9.17) is 15.1 Å². The first kappa shape index (κ1) is 43.1. The zero-order chi connectivity index (χ0) is 44.5. The SMILES string of the molecule is CCC1(C(=O)NC(C)C)CCN(c2ccc(-c3nc(-c4cnn(C5CCC(N6CCC(c7ccc(N[C@@H]8CCC(=O)NC8=O)cc7F)CC6)CC5)c4)cn4ncc(C#N)c34)cn2)CC1. The summed E-state index contributed by atoms with van der Waals surface area (Å²) in [6, 6.07) is 11.7. The molecule has 16 heteroatoms. The van der Waals surface area contributed by atoms with E-state index >= 15 is 4.39 Å². The first-order valence-electron chi connectivity index (χ1n) is 23.0. The number of hydrogen-bond acceptors (Lipinski definition) is 11. The number of hydrogen-bond donors (Lipinski definition) is 3. The van der Waals surface area contributed by atoms with E-state index in [-0.39, 0.29) is 53.4 Å². The van der Waals surface area contributed by atoms with Gasteiger partial charge >= 0.3 is 0 Å². The van der Waals surface area contributed by atoms with Crippen LogP contribution in [0.4, 0.5) is 15.9 Å². The molecule has 64 heavy (non-hydrogen) atoms. The summed E-state index contributed by atoms with van der Waals surface area (Å²) in [4.78, 5) is 51.6. The predicted molar refractivity (Wildman–Crippen MR) is 241 cm³/mol. The van der Waals surface area contributed by atoms with Gasteiger partial charge in [-0.3, -0.25) is 24.4 Å². The van der Waals surface area contributed by atoms with E-state index in [2.05, 4.69) is 54.7 Å². The van der Waals surface area contributed by atoms with Crippen LogP contribution in [-0.4, -0.2) is 96.3 Å². The third-order valence-electron chi connectivity index (χ3n) is 14.3. The number of carbonyl (C=O) groups is 3. The van der Waals surface area contributed by atoms with Crippen LogP contribution >= 0.6 is 0 Å². The number of nitrogens with zero attached hydrogens (tertiary/aromatic N) is 9. The summed E-state index contributed by atoms with van der Waals surface area (Å²) < 4.78 is 19.2. The van der Waals surface area contributed by atoms with Crippen molar-refractivity contribution in [1.82, 2.24) is 44.9 Å². The lowest BCUT2D eigenvalue weighted by Gasteiger charge is -2.41. The number of pyridine rings is 1. The maximum Gasteiger partial charge on any atom is 0.249 e. The van der Waals surface area contributed by atoms with Crippen LogP contribution in [0.2, 0.25) is 0 Å². The third kappa shape index (κ3) is 8.69. The molecule has 0 unspecified atom stereocenters. The summed E-state index contributed by atoms with van der Waals surface area (Å²) in [6.07, 6.45) is 18.1. The van der Waals surface area contributed by atoms with Gasteiger partial charge in [-0.1, -0.05) is 13.0 Å². The maximum atomic E-state index is 15.4. The van der Waals surface area contributed by atoms with Gasteiger partial charge in [0.1, 0.15) is 34.8 Å². The van der Waals surface area contributed by atoms with Gasteiger partial charge < -0.3 is 20.4 Å². The van der Waals surface area contributed by atoms with Crippen molar-refractivity contribution in [3.63, 3.8) is 0 Å². The van der Waals surface area contributed by atoms with E-state index in [0.29, 0.717) is 40.6 Å². The fourth-order valence-corrected chi connectivity index (χ4v) is 10.4. The molecule has 0 radical (unpaired) electrons. The summed E-state index contributed by atoms with van der Waals surface area (Å²) >= 11 is 0. The van der Waals surface area contributed by atoms with Crippen LogP contribution in [0.3, 0.4) is 0 Å². The van der Waals surface area contributed by atoms with Crippen molar-refractivity contribution in [2.45, 2.75) is 121 Å². The van der Waals surface area contributed by atoms with Crippen molar-refractivity contribution in [2.75, 3.05) is 36.4 Å². The summed E-state index contributed by atoms with van der Waals surface area (Å²) in [5, 5.41) is 27.9. The fraction of sp³-hybridized carbons (Fsp3) is 0.500. The van der Waals surface area contributed by atoms with Crippen molar-refractivity contribution in [2.24, 2.45) is 5.41 Å². The number of anilines is 2. The topological polar surface area (TPSA) is 178 Å². The Bertz CT molecular complexity index is 2560. The molecule has 1 aromatic carbocycles. The van der Waals surface area contributed by atoms with Crippen LogP contribution in [-0.2, 0) is 14.4 Å². The predicted octanol–water partition coefficient (Wildman–Crippen LogP) is 6.77. The Labute approximate surface area is 372 Å². The Morgan fingerprint density at radius 1 is 0.938 bits per heavy atom. The van der Waals surface area contributed by atoms with E-state index in [1.807, 2.05) is 56.7 Å². The fourth-order valence-electron chi connectivity index (χ4n) is 10.4. The van der Waals surface area contributed by atoms with Crippen LogP contribution in [0.25, 0.3) is 28.0 Å². The average molecular weight is 869 g/mol. The van der Waals surface area contributed by atoms with Crippen LogP contribution in [0, 0.1) is 22.6 Å². The average Bonchev–Trinajstić information content (AvgIpc) is 3.98. The molecule has 4 aliphatic rings. The van der Waals surface area contributed by atoms with E-state index in [9.17, 15) is 19.6 Å². The molecule has 1 aliphatic carbocycles. The third-order valence-corrected chi connectivity index (χ3v) is 14.3. The highest BCUT2D eigenvalue weighted by Gasteiger charge is 2.40. The number of nitrogens with one attached hydrogen (secondary N) is 3. The van der Waals surface area contributed by atoms with Crippen molar-refractivity contribution in [3.8, 4) is 28.6 Å². The van der Waals surface area contributed by atoms with Crippen LogP contribution < -0.4 is 20.9 Å². The maximum absolute atomic E-state index is 15.4. The first-order chi connectivity index (χ1) is 31.0. The van der Waals surface area contributed by atoms with Crippen LogP contribution in [0.15, 0.2) is 61.3 Å². The zero-order valence-corrected chi connectivity index (χ0v) is 36.9. The number of imide groups is 1. The van der Waals surface area contributed by atoms with E-state index in [0.717, 1.165) is 106 Å². The molecule has 3 aliphatic heterocycles. The number of rotatable bonds is 11. The molecule has 334 valence electrons. The number of nitriles is 1. The Kier molecular flexibility index (Phi) is 12.2. The first-order valence-corrected chi connectivity index (χ1v) is 23.0. The van der Waals surface area contributed by atoms with Crippen molar-refractivity contribution < 1.29 is 18.8 Å². The molecular formula is C48H57FN12O3. The second-order valence-corrected chi connectivity index (χ2v) is 18.5. The molecule has 0 bridgehead atoms. The minimum atomic E-state index is -0.547. The van der Waals surface area contributed by atoms with Gasteiger partial charge in [0, 0.05) is 60.8 Å². The summed E-state index contributed by atoms with van der Waals surface area (Å²) in [5.74, 6) is 0.229. The molecule has 4 fully saturated rings. The molecule has 15 nitrogen and oxygen atoms in total. The van der Waals surface area contributed by atoms with Gasteiger partial charge in [0.25, 0.3) is 0 Å². The summed E-state index contributed by atoms with van der Waals surface area (Å²) in [5.41, 5.74) is 4.94. The molecule has 5 aromatic rings. The van der Waals surface area contributed by atoms with Gasteiger partial charge in [-0.05, 0) is 127 Å². The lowest BCUT2D eigenvalue weighted by molar-refractivity contribution is -0.134. The second kappa shape index (κ2) is 18.1.